The second-order valence-corrected chi connectivity index (χ2v) is 11.1. The smallest absolute Gasteiger partial charge is 0.154 e. The van der Waals surface area contributed by atoms with Gasteiger partial charge in [0.25, 0.3) is 0 Å². The van der Waals surface area contributed by atoms with Crippen molar-refractivity contribution in [1.29, 1.82) is 0 Å². The molecule has 1 aliphatic heterocycles. The molecule has 0 radical (unpaired) electrons. The fraction of sp³-hybridized carbons (Fsp3) is 0.357. The van der Waals surface area contributed by atoms with Crippen molar-refractivity contribution in [3.63, 3.8) is 0 Å². The van der Waals surface area contributed by atoms with E-state index in [1.807, 2.05) is 13.8 Å². The molecule has 36 heavy (non-hydrogen) atoms. The summed E-state index contributed by atoms with van der Waals surface area (Å²) in [4.78, 5) is 0. The lowest BCUT2D eigenvalue weighted by Gasteiger charge is -2.43. The predicted molar refractivity (Wildman–Crippen MR) is 130 cm³/mol. The molecule has 0 unspecified atom stereocenters. The van der Waals surface area contributed by atoms with Crippen LogP contribution in [0.5, 0.6) is 0 Å². The van der Waals surface area contributed by atoms with Gasteiger partial charge in [-0.05, 0) is 56.2 Å². The van der Waals surface area contributed by atoms with Crippen molar-refractivity contribution in [1.82, 2.24) is 19.6 Å². The van der Waals surface area contributed by atoms with E-state index < -0.39 is 39.5 Å². The van der Waals surface area contributed by atoms with Crippen LogP contribution < -0.4 is 0 Å². The predicted octanol–water partition coefficient (Wildman–Crippen LogP) is 6.82. The molecule has 2 aromatic carbocycles. The van der Waals surface area contributed by atoms with Gasteiger partial charge in [-0.2, -0.15) is 10.2 Å². The number of benzene rings is 2. The minimum Gasteiger partial charge on any atom is -0.238 e. The third-order valence-corrected chi connectivity index (χ3v) is 8.30. The molecule has 8 bridgehead atoms. The van der Waals surface area contributed by atoms with E-state index in [1.54, 1.807) is 52.2 Å². The minimum absolute atomic E-state index is 0.0779. The summed E-state index contributed by atoms with van der Waals surface area (Å²) < 4.78 is 64.3. The van der Waals surface area contributed by atoms with Gasteiger partial charge in [0.1, 0.15) is 23.0 Å². The molecule has 4 nitrogen and oxygen atoms in total. The van der Waals surface area contributed by atoms with Crippen LogP contribution in [0.3, 0.4) is 0 Å². The summed E-state index contributed by atoms with van der Waals surface area (Å²) in [5.41, 5.74) is -1.19. The van der Waals surface area contributed by atoms with Gasteiger partial charge in [0, 0.05) is 34.9 Å². The van der Waals surface area contributed by atoms with Crippen molar-refractivity contribution in [3.8, 4) is 11.4 Å². The Morgan fingerprint density at radius 2 is 1.14 bits per heavy atom. The topological polar surface area (TPSA) is 35.6 Å². The van der Waals surface area contributed by atoms with Gasteiger partial charge in [-0.1, -0.05) is 27.7 Å². The molecule has 0 spiro atoms. The van der Waals surface area contributed by atoms with Crippen molar-refractivity contribution in [2.75, 3.05) is 0 Å². The summed E-state index contributed by atoms with van der Waals surface area (Å²) in [5.74, 6) is -2.94. The molecule has 0 saturated heterocycles. The van der Waals surface area contributed by atoms with E-state index in [0.717, 1.165) is 6.07 Å². The van der Waals surface area contributed by atoms with E-state index >= 15 is 17.6 Å². The van der Waals surface area contributed by atoms with Gasteiger partial charge in [-0.3, -0.25) is 0 Å². The van der Waals surface area contributed by atoms with Gasteiger partial charge in [0.05, 0.1) is 16.8 Å². The summed E-state index contributed by atoms with van der Waals surface area (Å²) in [6, 6.07) is 7.22. The third kappa shape index (κ3) is 3.19. The zero-order chi connectivity index (χ0) is 26.4. The first kappa shape index (κ1) is 24.3. The van der Waals surface area contributed by atoms with Crippen molar-refractivity contribution in [2.24, 2.45) is 0 Å². The Labute approximate surface area is 207 Å². The molecule has 0 amide bonds. The number of rotatable bonds is 0. The van der Waals surface area contributed by atoms with Crippen LogP contribution in [0.25, 0.3) is 11.4 Å². The third-order valence-electron chi connectivity index (χ3n) is 8.30. The highest BCUT2D eigenvalue weighted by Gasteiger charge is 2.44. The van der Waals surface area contributed by atoms with Gasteiger partial charge in [0.15, 0.2) is 11.6 Å². The first-order valence-electron chi connectivity index (χ1n) is 11.8. The maximum Gasteiger partial charge on any atom is 0.154 e. The second-order valence-electron chi connectivity index (χ2n) is 11.1. The van der Waals surface area contributed by atoms with Crippen molar-refractivity contribution < 1.29 is 17.6 Å². The van der Waals surface area contributed by atoms with Crippen molar-refractivity contribution in [3.05, 3.63) is 94.1 Å². The van der Waals surface area contributed by atoms with Crippen LogP contribution >= 0.6 is 0 Å². The van der Waals surface area contributed by atoms with Crippen molar-refractivity contribution in [2.45, 2.75) is 64.7 Å². The summed E-state index contributed by atoms with van der Waals surface area (Å²) in [6.07, 6.45) is 3.24. The second kappa shape index (κ2) is 7.54. The largest absolute Gasteiger partial charge is 0.238 e. The molecule has 188 valence electrons. The molecule has 3 heterocycles. The molecular weight excluding hydrogens is 468 g/mol. The standard InChI is InChI=1S/C28H28F4N4/c1-15-24(31)17-13-21(25(15)32)36-11-9-23(34-36)26(2,3)22-8-10-35(33-22)20-12-16(18(29)14-19(20)30)27(4,5)28(17,6)7/h8-14H,1-7H3. The quantitative estimate of drug-likeness (QED) is 0.251. The Balaban J connectivity index is 1.92. The number of hydrogen-bond acceptors (Lipinski definition) is 2. The Morgan fingerprint density at radius 3 is 1.72 bits per heavy atom. The Hall–Kier alpha value is -3.42. The van der Waals surface area contributed by atoms with Crippen LogP contribution in [0, 0.1) is 30.2 Å². The number of nitrogens with zero attached hydrogens (tertiary/aromatic N) is 4. The van der Waals surface area contributed by atoms with E-state index in [-0.39, 0.29) is 28.1 Å². The Morgan fingerprint density at radius 1 is 0.639 bits per heavy atom. The average molecular weight is 497 g/mol. The highest BCUT2D eigenvalue weighted by Crippen LogP contribution is 2.47. The number of halogens is 4. The van der Waals surface area contributed by atoms with E-state index in [4.69, 9.17) is 0 Å². The molecule has 0 aliphatic carbocycles. The van der Waals surface area contributed by atoms with Gasteiger partial charge >= 0.3 is 0 Å². The molecule has 0 N–H and O–H groups in total. The normalized spacial score (nSPS) is 17.4. The van der Waals surface area contributed by atoms with Gasteiger partial charge in [0.2, 0.25) is 0 Å². The van der Waals surface area contributed by atoms with Crippen LogP contribution in [0.4, 0.5) is 17.6 Å². The number of hydrogen-bond donors (Lipinski definition) is 0. The highest BCUT2D eigenvalue weighted by atomic mass is 19.1. The van der Waals surface area contributed by atoms with E-state index in [0.29, 0.717) is 11.4 Å². The molecule has 4 aromatic rings. The Bertz CT molecular complexity index is 1520. The number of aromatic nitrogens is 4. The first-order chi connectivity index (χ1) is 16.7. The SMILES string of the molecule is Cc1c(F)c2cc(c1F)C(C)(C)C(C)(C)c1cc(c(F)cc1F)-n1ccc(n1)C(C)(C)c1ccn-2n1. The van der Waals surface area contributed by atoms with Crippen LogP contribution in [-0.2, 0) is 16.2 Å². The lowest BCUT2D eigenvalue weighted by Crippen LogP contribution is -2.42. The molecule has 0 saturated carbocycles. The maximum absolute atomic E-state index is 15.7. The minimum atomic E-state index is -1.05. The van der Waals surface area contributed by atoms with Crippen LogP contribution in [0.15, 0.2) is 42.7 Å². The molecule has 2 aromatic heterocycles. The lowest BCUT2D eigenvalue weighted by atomic mass is 9.60. The summed E-state index contributed by atoms with van der Waals surface area (Å²) in [7, 11) is 0. The molecule has 0 atom stereocenters. The molecule has 8 heteroatoms. The first-order valence-corrected chi connectivity index (χ1v) is 11.8. The van der Waals surface area contributed by atoms with Gasteiger partial charge in [-0.15, -0.1) is 0 Å². The zero-order valence-corrected chi connectivity index (χ0v) is 21.3. The van der Waals surface area contributed by atoms with Gasteiger partial charge in [-0.25, -0.2) is 26.9 Å². The Kier molecular flexibility index (Phi) is 5.09. The van der Waals surface area contributed by atoms with Crippen LogP contribution in [0.2, 0.25) is 0 Å². The van der Waals surface area contributed by atoms with Crippen LogP contribution in [0.1, 0.15) is 69.6 Å². The summed E-state index contributed by atoms with van der Waals surface area (Å²) in [6.45, 7) is 12.3. The number of fused-ring (bicyclic) bond motifs is 10. The average Bonchev–Trinajstić information content (AvgIpc) is 3.48. The lowest BCUT2D eigenvalue weighted by molar-refractivity contribution is 0.282. The molecule has 0 fully saturated rings. The molecule has 1 aliphatic rings. The van der Waals surface area contributed by atoms with E-state index in [9.17, 15) is 0 Å². The molecule has 5 rings (SSSR count). The zero-order valence-electron chi connectivity index (χ0n) is 21.3. The van der Waals surface area contributed by atoms with E-state index in [1.165, 1.54) is 28.4 Å². The highest BCUT2D eigenvalue weighted by molar-refractivity contribution is 5.50. The fourth-order valence-corrected chi connectivity index (χ4v) is 4.95. The van der Waals surface area contributed by atoms with E-state index in [2.05, 4.69) is 10.2 Å². The fourth-order valence-electron chi connectivity index (χ4n) is 4.95. The summed E-state index contributed by atoms with van der Waals surface area (Å²) >= 11 is 0. The van der Waals surface area contributed by atoms with Gasteiger partial charge < -0.3 is 0 Å². The van der Waals surface area contributed by atoms with Crippen molar-refractivity contribution >= 4 is 0 Å². The molecular formula is C28H28F4N4. The summed E-state index contributed by atoms with van der Waals surface area (Å²) in [5, 5.41) is 9.22. The maximum atomic E-state index is 15.7. The van der Waals surface area contributed by atoms with Crippen LogP contribution in [-0.4, -0.2) is 19.6 Å². The monoisotopic (exact) mass is 496 g/mol.